The van der Waals surface area contributed by atoms with Crippen molar-refractivity contribution >= 4 is 39.9 Å². The van der Waals surface area contributed by atoms with Crippen molar-refractivity contribution in [3.8, 4) is 11.5 Å². The third kappa shape index (κ3) is 3.59. The van der Waals surface area contributed by atoms with E-state index >= 15 is 4.39 Å². The fourth-order valence-corrected chi connectivity index (χ4v) is 3.36. The van der Waals surface area contributed by atoms with Crippen molar-refractivity contribution in [3.05, 3.63) is 60.7 Å². The maximum Gasteiger partial charge on any atom is 0.188 e. The zero-order valence-electron chi connectivity index (χ0n) is 16.4. The van der Waals surface area contributed by atoms with E-state index in [2.05, 4.69) is 35.3 Å². The number of halogens is 1. The van der Waals surface area contributed by atoms with Gasteiger partial charge in [-0.3, -0.25) is 0 Å². The molecule has 0 saturated carbocycles. The molecule has 0 atom stereocenters. The van der Waals surface area contributed by atoms with Crippen molar-refractivity contribution in [2.24, 2.45) is 0 Å². The standard InChI is InChI=1S/C20H15FN8OS/c1-11-15(30-12-5-6-29-16(7-12)24-10-26-29)4-3-13(17(11)21)27-19-18-14(23-9-25-19)8-22-20(28-18)31-2/h3-10H,1-2H3,(H,23,25,27). The molecule has 4 heterocycles. The van der Waals surface area contributed by atoms with Crippen LogP contribution >= 0.6 is 11.8 Å². The van der Waals surface area contributed by atoms with Gasteiger partial charge in [0.15, 0.2) is 22.4 Å². The van der Waals surface area contributed by atoms with Crippen LogP contribution in [0, 0.1) is 12.7 Å². The van der Waals surface area contributed by atoms with Crippen molar-refractivity contribution in [2.75, 3.05) is 11.6 Å². The van der Waals surface area contributed by atoms with Gasteiger partial charge in [0.2, 0.25) is 0 Å². The summed E-state index contributed by atoms with van der Waals surface area (Å²) in [6, 6.07) is 6.76. The van der Waals surface area contributed by atoms with Crippen molar-refractivity contribution in [3.63, 3.8) is 0 Å². The second kappa shape index (κ2) is 7.76. The summed E-state index contributed by atoms with van der Waals surface area (Å²) >= 11 is 1.40. The summed E-state index contributed by atoms with van der Waals surface area (Å²) in [7, 11) is 0. The highest BCUT2D eigenvalue weighted by Crippen LogP contribution is 2.32. The zero-order chi connectivity index (χ0) is 21.4. The first-order valence-corrected chi connectivity index (χ1v) is 10.4. The highest BCUT2D eigenvalue weighted by molar-refractivity contribution is 7.98. The maximum absolute atomic E-state index is 15.2. The Morgan fingerprint density at radius 3 is 2.87 bits per heavy atom. The molecular weight excluding hydrogens is 419 g/mol. The number of anilines is 2. The number of benzene rings is 1. The Morgan fingerprint density at radius 2 is 2.00 bits per heavy atom. The molecule has 0 aliphatic heterocycles. The van der Waals surface area contributed by atoms with Crippen LogP contribution in [0.3, 0.4) is 0 Å². The highest BCUT2D eigenvalue weighted by Gasteiger charge is 2.15. The number of nitrogens with one attached hydrogen (secondary N) is 1. The molecule has 0 bridgehead atoms. The fraction of sp³-hybridized carbons (Fsp3) is 0.100. The van der Waals surface area contributed by atoms with Crippen LogP contribution in [0.25, 0.3) is 16.7 Å². The molecule has 1 aromatic carbocycles. The average Bonchev–Trinajstić information content (AvgIpc) is 3.26. The Labute approximate surface area is 179 Å². The zero-order valence-corrected chi connectivity index (χ0v) is 17.3. The van der Waals surface area contributed by atoms with Gasteiger partial charge in [0, 0.05) is 17.8 Å². The van der Waals surface area contributed by atoms with Gasteiger partial charge in [-0.1, -0.05) is 11.8 Å². The van der Waals surface area contributed by atoms with Gasteiger partial charge in [0.1, 0.15) is 35.2 Å². The van der Waals surface area contributed by atoms with Gasteiger partial charge in [-0.15, -0.1) is 0 Å². The minimum atomic E-state index is -0.452. The number of nitrogens with zero attached hydrogens (tertiary/aromatic N) is 7. The first-order valence-electron chi connectivity index (χ1n) is 9.17. The lowest BCUT2D eigenvalue weighted by Gasteiger charge is -2.14. The molecule has 4 aromatic heterocycles. The minimum Gasteiger partial charge on any atom is -0.457 e. The minimum absolute atomic E-state index is 0.252. The van der Waals surface area contributed by atoms with Gasteiger partial charge >= 0.3 is 0 Å². The maximum atomic E-state index is 15.2. The number of fused-ring (bicyclic) bond motifs is 2. The molecule has 0 aliphatic rings. The van der Waals surface area contributed by atoms with Crippen molar-refractivity contribution in [1.82, 2.24) is 34.5 Å². The Balaban J connectivity index is 1.46. The van der Waals surface area contributed by atoms with E-state index in [1.165, 1.54) is 24.4 Å². The molecule has 0 fully saturated rings. The molecule has 5 rings (SSSR count). The van der Waals surface area contributed by atoms with Crippen LogP contribution in [-0.2, 0) is 0 Å². The number of aromatic nitrogens is 7. The quantitative estimate of drug-likeness (QED) is 0.322. The lowest BCUT2D eigenvalue weighted by atomic mass is 10.1. The molecule has 11 heteroatoms. The number of hydrogen-bond donors (Lipinski definition) is 1. The lowest BCUT2D eigenvalue weighted by molar-refractivity contribution is 0.471. The van der Waals surface area contributed by atoms with Crippen LogP contribution < -0.4 is 10.1 Å². The van der Waals surface area contributed by atoms with Crippen LogP contribution in [0.15, 0.2) is 54.5 Å². The molecule has 154 valence electrons. The van der Waals surface area contributed by atoms with Crippen LogP contribution in [0.4, 0.5) is 15.9 Å². The topological polar surface area (TPSA) is 103 Å². The molecule has 1 N–H and O–H groups in total. The molecular formula is C20H15FN8OS. The van der Waals surface area contributed by atoms with Crippen molar-refractivity contribution in [1.29, 1.82) is 0 Å². The smallest absolute Gasteiger partial charge is 0.188 e. The normalized spacial score (nSPS) is 11.2. The Bertz CT molecular complexity index is 1420. The van der Waals surface area contributed by atoms with Gasteiger partial charge in [0.25, 0.3) is 0 Å². The molecule has 0 spiro atoms. The SMILES string of the molecule is CSc1ncc2ncnc(Nc3ccc(Oc4ccn5ncnc5c4)c(C)c3F)c2n1. The lowest BCUT2D eigenvalue weighted by Crippen LogP contribution is -2.02. The van der Waals surface area contributed by atoms with E-state index < -0.39 is 5.82 Å². The highest BCUT2D eigenvalue weighted by atomic mass is 32.2. The van der Waals surface area contributed by atoms with Gasteiger partial charge < -0.3 is 10.1 Å². The Kier molecular flexibility index (Phi) is 4.79. The molecule has 5 aromatic rings. The number of rotatable bonds is 5. The monoisotopic (exact) mass is 434 g/mol. The summed E-state index contributed by atoms with van der Waals surface area (Å²) < 4.78 is 22.6. The predicted octanol–water partition coefficient (Wildman–Crippen LogP) is 4.17. The van der Waals surface area contributed by atoms with Crippen LogP contribution in [0.2, 0.25) is 0 Å². The van der Waals surface area contributed by atoms with Crippen LogP contribution in [-0.4, -0.2) is 40.8 Å². The van der Waals surface area contributed by atoms with E-state index in [1.807, 2.05) is 6.26 Å². The number of pyridine rings is 1. The number of hydrogen-bond acceptors (Lipinski definition) is 9. The average molecular weight is 434 g/mol. The van der Waals surface area contributed by atoms with E-state index in [4.69, 9.17) is 4.74 Å². The number of thioether (sulfide) groups is 1. The Hall–Kier alpha value is -3.86. The van der Waals surface area contributed by atoms with Gasteiger partial charge in [0.05, 0.1) is 11.9 Å². The van der Waals surface area contributed by atoms with E-state index in [9.17, 15) is 0 Å². The fourth-order valence-electron chi connectivity index (χ4n) is 3.02. The largest absolute Gasteiger partial charge is 0.457 e. The summed E-state index contributed by atoms with van der Waals surface area (Å²) in [5, 5.41) is 7.64. The van der Waals surface area contributed by atoms with E-state index in [1.54, 1.807) is 48.1 Å². The van der Waals surface area contributed by atoms with Gasteiger partial charge in [-0.05, 0) is 31.4 Å². The first kappa shape index (κ1) is 19.1. The summed E-state index contributed by atoms with van der Waals surface area (Å²) in [6.07, 6.45) is 8.06. The molecule has 0 amide bonds. The number of ether oxygens (including phenoxy) is 1. The third-order valence-corrected chi connectivity index (χ3v) is 5.17. The Morgan fingerprint density at radius 1 is 1.10 bits per heavy atom. The van der Waals surface area contributed by atoms with Gasteiger partial charge in [-0.2, -0.15) is 5.10 Å². The van der Waals surface area contributed by atoms with Crippen LogP contribution in [0.1, 0.15) is 5.56 Å². The molecule has 9 nitrogen and oxygen atoms in total. The predicted molar refractivity (Wildman–Crippen MR) is 114 cm³/mol. The summed E-state index contributed by atoms with van der Waals surface area (Å²) in [5.41, 5.74) is 2.32. The van der Waals surface area contributed by atoms with E-state index in [-0.39, 0.29) is 5.69 Å². The van der Waals surface area contributed by atoms with Crippen molar-refractivity contribution < 1.29 is 9.13 Å². The van der Waals surface area contributed by atoms with Gasteiger partial charge in [-0.25, -0.2) is 33.8 Å². The summed E-state index contributed by atoms with van der Waals surface area (Å²) in [5.74, 6) is 0.872. The molecule has 0 radical (unpaired) electrons. The molecule has 0 saturated heterocycles. The molecule has 0 unspecified atom stereocenters. The van der Waals surface area contributed by atoms with E-state index in [0.29, 0.717) is 44.7 Å². The van der Waals surface area contributed by atoms with Crippen molar-refractivity contribution in [2.45, 2.75) is 12.1 Å². The molecule has 0 aliphatic carbocycles. The summed E-state index contributed by atoms with van der Waals surface area (Å²) in [6.45, 7) is 1.65. The summed E-state index contributed by atoms with van der Waals surface area (Å²) in [4.78, 5) is 21.2. The first-order chi connectivity index (χ1) is 15.1. The molecule has 31 heavy (non-hydrogen) atoms. The second-order valence-electron chi connectivity index (χ2n) is 6.52. The second-order valence-corrected chi connectivity index (χ2v) is 7.29. The third-order valence-electron chi connectivity index (χ3n) is 4.61. The van der Waals surface area contributed by atoms with E-state index in [0.717, 1.165) is 0 Å². The van der Waals surface area contributed by atoms with Crippen LogP contribution in [0.5, 0.6) is 11.5 Å².